The Morgan fingerprint density at radius 2 is 2.05 bits per heavy atom. The van der Waals surface area contributed by atoms with Crippen LogP contribution in [0.2, 0.25) is 0 Å². The van der Waals surface area contributed by atoms with E-state index in [2.05, 4.69) is 17.0 Å². The fraction of sp³-hybridized carbons (Fsp3) is 0.464. The number of nitrogens with two attached hydrogens (primary N) is 1. The highest BCUT2D eigenvalue weighted by atomic mass is 19.1. The predicted octanol–water partition coefficient (Wildman–Crippen LogP) is 4.48. The van der Waals surface area contributed by atoms with Crippen LogP contribution < -0.4 is 15.8 Å². The topological polar surface area (TPSA) is 129 Å². The van der Waals surface area contributed by atoms with Gasteiger partial charge in [-0.2, -0.15) is 5.10 Å². The maximum absolute atomic E-state index is 15.4. The third kappa shape index (κ3) is 6.07. The number of carboxylic acids is 1. The second kappa shape index (κ2) is 11.4. The van der Waals surface area contributed by atoms with Gasteiger partial charge in [-0.1, -0.05) is 13.5 Å². The molecule has 0 bridgehead atoms. The maximum Gasteiger partial charge on any atom is 0.337 e. The Bertz CT molecular complexity index is 1290. The Morgan fingerprint density at radius 1 is 1.37 bits per heavy atom. The van der Waals surface area contributed by atoms with Crippen LogP contribution in [0.15, 0.2) is 29.9 Å². The van der Waals surface area contributed by atoms with Gasteiger partial charge in [0.15, 0.2) is 23.4 Å². The van der Waals surface area contributed by atoms with Gasteiger partial charge in [0.1, 0.15) is 5.82 Å². The van der Waals surface area contributed by atoms with Crippen LogP contribution in [-0.4, -0.2) is 51.6 Å². The Morgan fingerprint density at radius 3 is 2.63 bits per heavy atom. The number of hydrogen-bond acceptors (Lipinski definition) is 6. The number of carboxylic acid groups (broad SMARTS) is 1. The van der Waals surface area contributed by atoms with E-state index >= 15 is 4.39 Å². The van der Waals surface area contributed by atoms with E-state index < -0.39 is 29.4 Å². The summed E-state index contributed by atoms with van der Waals surface area (Å²) < 4.78 is 28.3. The molecule has 1 aromatic heterocycles. The van der Waals surface area contributed by atoms with E-state index in [0.29, 0.717) is 48.3 Å². The van der Waals surface area contributed by atoms with Crippen molar-refractivity contribution in [3.8, 4) is 5.75 Å². The number of anilines is 1. The number of nitrogens with zero attached hydrogens (tertiary/aromatic N) is 2. The minimum Gasteiger partial charge on any atom is -0.490 e. The van der Waals surface area contributed by atoms with Crippen molar-refractivity contribution < 1.29 is 28.6 Å². The number of nitrogen functional groups attached to an aromatic ring is 1. The minimum atomic E-state index is -1.49. The molecule has 0 fully saturated rings. The van der Waals surface area contributed by atoms with Crippen LogP contribution in [0.1, 0.15) is 74.6 Å². The highest BCUT2D eigenvalue weighted by molar-refractivity contribution is 5.94. The van der Waals surface area contributed by atoms with E-state index in [1.165, 1.54) is 16.8 Å². The zero-order valence-corrected chi connectivity index (χ0v) is 22.9. The highest BCUT2D eigenvalue weighted by Gasteiger charge is 2.35. The molecule has 0 unspecified atom stereocenters. The maximum atomic E-state index is 15.4. The molecule has 206 valence electrons. The molecule has 9 nitrogen and oxygen atoms in total. The molecule has 2 heterocycles. The van der Waals surface area contributed by atoms with Gasteiger partial charge in [-0.3, -0.25) is 4.79 Å². The van der Waals surface area contributed by atoms with E-state index in [9.17, 15) is 14.7 Å². The number of amides is 1. The summed E-state index contributed by atoms with van der Waals surface area (Å²) in [4.78, 5) is 25.3. The molecule has 2 aromatic rings. The van der Waals surface area contributed by atoms with Crippen LogP contribution in [0.4, 0.5) is 10.2 Å². The number of carbonyl (C=O) groups is 2. The molecule has 1 aliphatic heterocycles. The summed E-state index contributed by atoms with van der Waals surface area (Å²) in [5, 5.41) is 17.5. The third-order valence-corrected chi connectivity index (χ3v) is 6.08. The van der Waals surface area contributed by atoms with Crippen LogP contribution in [0, 0.1) is 12.7 Å². The number of aliphatic carboxylic acids is 1. The summed E-state index contributed by atoms with van der Waals surface area (Å²) in [6, 6.07) is 2.68. The van der Waals surface area contributed by atoms with Gasteiger partial charge in [0, 0.05) is 29.3 Å². The third-order valence-electron chi connectivity index (χ3n) is 6.08. The Balaban J connectivity index is 2.42. The van der Waals surface area contributed by atoms with E-state index in [4.69, 9.17) is 15.2 Å². The monoisotopic (exact) mass is 528 g/mol. The summed E-state index contributed by atoms with van der Waals surface area (Å²) in [5.41, 5.74) is 7.95. The van der Waals surface area contributed by atoms with Crippen LogP contribution in [0.3, 0.4) is 0 Å². The van der Waals surface area contributed by atoms with E-state index in [0.717, 1.165) is 6.42 Å². The van der Waals surface area contributed by atoms with E-state index in [1.54, 1.807) is 27.7 Å². The van der Waals surface area contributed by atoms with Crippen molar-refractivity contribution in [2.24, 2.45) is 0 Å². The molecule has 3 rings (SSSR count). The second-order valence-corrected chi connectivity index (χ2v) is 10.4. The van der Waals surface area contributed by atoms with E-state index in [1.807, 2.05) is 13.8 Å². The Kier molecular flexibility index (Phi) is 8.66. The molecule has 0 saturated carbocycles. The summed E-state index contributed by atoms with van der Waals surface area (Å²) >= 11 is 0. The van der Waals surface area contributed by atoms with Gasteiger partial charge in [-0.15, -0.1) is 0 Å². The highest BCUT2D eigenvalue weighted by Crippen LogP contribution is 2.39. The van der Waals surface area contributed by atoms with Gasteiger partial charge in [-0.05, 0) is 71.1 Å². The molecule has 0 radical (unpaired) electrons. The number of hydrogen-bond donors (Lipinski definition) is 3. The number of ether oxygens (including phenoxy) is 2. The van der Waals surface area contributed by atoms with Gasteiger partial charge in [0.25, 0.3) is 5.91 Å². The first kappa shape index (κ1) is 28.9. The van der Waals surface area contributed by atoms with Crippen molar-refractivity contribution in [1.82, 2.24) is 15.1 Å². The number of fused-ring (bicyclic) bond motifs is 1. The van der Waals surface area contributed by atoms with Gasteiger partial charge in [-0.25, -0.2) is 13.9 Å². The molecular formula is C28H37FN4O5. The zero-order valence-electron chi connectivity index (χ0n) is 22.9. The number of carbonyl (C=O) groups excluding carboxylic acids is 1. The predicted molar refractivity (Wildman–Crippen MR) is 144 cm³/mol. The Labute approximate surface area is 222 Å². The molecule has 0 saturated heterocycles. The standard InChI is InChI=1S/C28H37FN4O5/c1-8-11-31-26(34)20-14-21(30)33(32-20)23(22(15(2)3)25(27(35)36)38-28(5,6)7)18-13-19(29)24-17(16(18)4)10-9-12-37-24/h13-14,25H,2,8-12,30H2,1,3-7H3,(H,31,34)(H,35,36)/b23-22+/t25-/m0/s1. The molecule has 4 N–H and O–H groups in total. The van der Waals surface area contributed by atoms with Crippen molar-refractivity contribution in [2.45, 2.75) is 72.5 Å². The lowest BCUT2D eigenvalue weighted by Gasteiger charge is -2.30. The molecule has 1 aliphatic rings. The van der Waals surface area contributed by atoms with Gasteiger partial charge < -0.3 is 25.6 Å². The van der Waals surface area contributed by atoms with E-state index in [-0.39, 0.29) is 28.5 Å². The number of halogens is 1. The van der Waals surface area contributed by atoms with Crippen LogP contribution >= 0.6 is 0 Å². The lowest BCUT2D eigenvalue weighted by atomic mass is 9.89. The van der Waals surface area contributed by atoms with Crippen molar-refractivity contribution in [2.75, 3.05) is 18.9 Å². The van der Waals surface area contributed by atoms with Crippen molar-refractivity contribution in [1.29, 1.82) is 0 Å². The molecular weight excluding hydrogens is 491 g/mol. The van der Waals surface area contributed by atoms with Gasteiger partial charge in [0.05, 0.1) is 17.9 Å². The van der Waals surface area contributed by atoms with Gasteiger partial charge >= 0.3 is 5.97 Å². The summed E-state index contributed by atoms with van der Waals surface area (Å²) in [6.45, 7) is 15.5. The fourth-order valence-corrected chi connectivity index (χ4v) is 4.43. The second-order valence-electron chi connectivity index (χ2n) is 10.4. The average molecular weight is 529 g/mol. The molecule has 1 aromatic carbocycles. The summed E-state index contributed by atoms with van der Waals surface area (Å²) in [7, 11) is 0. The van der Waals surface area contributed by atoms with Gasteiger partial charge in [0.2, 0.25) is 0 Å². The molecule has 10 heteroatoms. The normalized spacial score (nSPS) is 14.7. The number of aromatic nitrogens is 2. The summed E-state index contributed by atoms with van der Waals surface area (Å²) in [5.74, 6) is -2.04. The number of benzene rings is 1. The molecule has 0 aliphatic carbocycles. The average Bonchev–Trinajstić information content (AvgIpc) is 3.22. The SMILES string of the molecule is C=C(C)/C(=C(/c1cc(F)c2c(c1C)CCCO2)n1nc(C(=O)NCCC)cc1N)[C@H](OC(C)(C)C)C(=O)O. The van der Waals surface area contributed by atoms with Crippen molar-refractivity contribution in [3.05, 3.63) is 58.1 Å². The number of rotatable bonds is 9. The largest absolute Gasteiger partial charge is 0.490 e. The molecule has 38 heavy (non-hydrogen) atoms. The lowest BCUT2D eigenvalue weighted by Crippen LogP contribution is -2.36. The first-order valence-corrected chi connectivity index (χ1v) is 12.7. The first-order chi connectivity index (χ1) is 17.8. The Hall–Kier alpha value is -3.66. The zero-order chi connectivity index (χ0) is 28.4. The van der Waals surface area contributed by atoms with Crippen LogP contribution in [-0.2, 0) is 16.0 Å². The summed E-state index contributed by atoms with van der Waals surface area (Å²) in [6.07, 6.45) is 0.534. The van der Waals surface area contributed by atoms with Crippen molar-refractivity contribution in [3.63, 3.8) is 0 Å². The van der Waals surface area contributed by atoms with Crippen molar-refractivity contribution >= 4 is 23.4 Å². The molecule has 0 spiro atoms. The first-order valence-electron chi connectivity index (χ1n) is 12.7. The molecule has 1 atom stereocenters. The minimum absolute atomic E-state index is 0.0394. The molecule has 1 amide bonds. The fourth-order valence-electron chi connectivity index (χ4n) is 4.43. The number of nitrogens with one attached hydrogen (secondary N) is 1. The lowest BCUT2D eigenvalue weighted by molar-refractivity contribution is -0.155. The van der Waals surface area contributed by atoms with Crippen LogP contribution in [0.5, 0.6) is 5.75 Å². The van der Waals surface area contributed by atoms with Crippen LogP contribution in [0.25, 0.3) is 5.70 Å². The quantitative estimate of drug-likeness (QED) is 0.409. The smallest absolute Gasteiger partial charge is 0.337 e.